The Bertz CT molecular complexity index is 278. The molecule has 6 nitrogen and oxygen atoms in total. The molecule has 0 saturated carbocycles. The van der Waals surface area contributed by atoms with Crippen molar-refractivity contribution in [2.75, 3.05) is 26.3 Å². The minimum atomic E-state index is -0.295. The Hall–Kier alpha value is -1.14. The molecule has 3 N–H and O–H groups in total. The highest BCUT2D eigenvalue weighted by molar-refractivity contribution is 5.83. The number of hydrogen-bond acceptors (Lipinski definition) is 4. The third-order valence-corrected chi connectivity index (χ3v) is 2.91. The van der Waals surface area contributed by atoms with Crippen molar-refractivity contribution in [3.05, 3.63) is 0 Å². The van der Waals surface area contributed by atoms with Gasteiger partial charge in [-0.05, 0) is 13.3 Å². The number of ether oxygens (including phenoxy) is 1. The average molecular weight is 257 g/mol. The lowest BCUT2D eigenvalue weighted by molar-refractivity contribution is -0.126. The van der Waals surface area contributed by atoms with Crippen molar-refractivity contribution in [3.8, 4) is 0 Å². The Balaban J connectivity index is 2.12. The van der Waals surface area contributed by atoms with E-state index in [0.717, 1.165) is 6.42 Å². The van der Waals surface area contributed by atoms with E-state index in [1.807, 2.05) is 13.8 Å². The Morgan fingerprint density at radius 3 is 2.89 bits per heavy atom. The zero-order valence-corrected chi connectivity index (χ0v) is 11.1. The zero-order chi connectivity index (χ0) is 13.4. The van der Waals surface area contributed by atoms with Gasteiger partial charge in [-0.15, -0.1) is 0 Å². The molecular weight excluding hydrogens is 234 g/mol. The van der Waals surface area contributed by atoms with Gasteiger partial charge >= 0.3 is 0 Å². The molecule has 0 bridgehead atoms. The first-order valence-electron chi connectivity index (χ1n) is 6.51. The molecule has 2 amide bonds. The monoisotopic (exact) mass is 257 g/mol. The molecule has 1 aliphatic rings. The maximum Gasteiger partial charge on any atom is 0.239 e. The quantitative estimate of drug-likeness (QED) is 0.593. The van der Waals surface area contributed by atoms with Crippen LogP contribution in [0.1, 0.15) is 26.7 Å². The Kier molecular flexibility index (Phi) is 6.67. The van der Waals surface area contributed by atoms with Crippen molar-refractivity contribution < 1.29 is 14.3 Å². The van der Waals surface area contributed by atoms with E-state index >= 15 is 0 Å². The molecule has 1 heterocycles. The van der Waals surface area contributed by atoms with Gasteiger partial charge in [0, 0.05) is 25.6 Å². The highest BCUT2D eigenvalue weighted by Crippen LogP contribution is 1.93. The summed E-state index contributed by atoms with van der Waals surface area (Å²) in [5.74, 6) is -0.136. The smallest absolute Gasteiger partial charge is 0.239 e. The minimum absolute atomic E-state index is 0.0301. The van der Waals surface area contributed by atoms with Gasteiger partial charge in [-0.1, -0.05) is 6.92 Å². The first-order chi connectivity index (χ1) is 8.63. The van der Waals surface area contributed by atoms with Gasteiger partial charge in [0.25, 0.3) is 0 Å². The number of carbonyl (C=O) groups excluding carboxylic acids is 2. The van der Waals surface area contributed by atoms with Crippen LogP contribution in [0.25, 0.3) is 0 Å². The van der Waals surface area contributed by atoms with Crippen molar-refractivity contribution in [2.45, 2.75) is 38.8 Å². The van der Waals surface area contributed by atoms with Gasteiger partial charge in [-0.3, -0.25) is 9.59 Å². The average Bonchev–Trinajstić information content (AvgIpc) is 2.39. The summed E-state index contributed by atoms with van der Waals surface area (Å²) < 4.78 is 5.20. The van der Waals surface area contributed by atoms with E-state index in [9.17, 15) is 9.59 Å². The summed E-state index contributed by atoms with van der Waals surface area (Å²) in [7, 11) is 0. The van der Waals surface area contributed by atoms with Gasteiger partial charge in [0.1, 0.15) is 6.04 Å². The predicted octanol–water partition coefficient (Wildman–Crippen LogP) is -0.604. The van der Waals surface area contributed by atoms with Crippen LogP contribution in [0, 0.1) is 0 Å². The molecule has 0 aromatic heterocycles. The Morgan fingerprint density at radius 1 is 1.50 bits per heavy atom. The van der Waals surface area contributed by atoms with Crippen molar-refractivity contribution in [2.24, 2.45) is 0 Å². The third kappa shape index (κ3) is 5.46. The lowest BCUT2D eigenvalue weighted by Gasteiger charge is -2.22. The predicted molar refractivity (Wildman–Crippen MR) is 68.1 cm³/mol. The lowest BCUT2D eigenvalue weighted by Crippen LogP contribution is -2.51. The van der Waals surface area contributed by atoms with Gasteiger partial charge in [-0.2, -0.15) is 0 Å². The van der Waals surface area contributed by atoms with Gasteiger partial charge in [0.05, 0.1) is 13.2 Å². The Morgan fingerprint density at radius 2 is 2.28 bits per heavy atom. The second kappa shape index (κ2) is 8.05. The molecule has 0 spiro atoms. The molecule has 0 aromatic carbocycles. The number of rotatable bonds is 6. The summed E-state index contributed by atoms with van der Waals surface area (Å²) in [5, 5.41) is 8.65. The largest absolute Gasteiger partial charge is 0.378 e. The molecule has 1 saturated heterocycles. The van der Waals surface area contributed by atoms with E-state index in [4.69, 9.17) is 4.74 Å². The first kappa shape index (κ1) is 14.9. The molecular formula is C12H23N3O3. The van der Waals surface area contributed by atoms with Crippen molar-refractivity contribution >= 4 is 11.8 Å². The summed E-state index contributed by atoms with van der Waals surface area (Å²) >= 11 is 0. The van der Waals surface area contributed by atoms with E-state index in [1.165, 1.54) is 0 Å². The van der Waals surface area contributed by atoms with Crippen LogP contribution in [0.3, 0.4) is 0 Å². The normalized spacial score (nSPS) is 21.1. The van der Waals surface area contributed by atoms with E-state index in [0.29, 0.717) is 32.7 Å². The highest BCUT2D eigenvalue weighted by Gasteiger charge is 2.20. The molecule has 0 radical (unpaired) electrons. The molecule has 0 aromatic rings. The van der Waals surface area contributed by atoms with Crippen molar-refractivity contribution in [1.29, 1.82) is 0 Å². The molecule has 1 aliphatic heterocycles. The molecule has 104 valence electrons. The van der Waals surface area contributed by atoms with Gasteiger partial charge < -0.3 is 20.7 Å². The SMILES string of the molecule is CCC(C)NC(=O)CCNC(=O)C1COCCN1. The van der Waals surface area contributed by atoms with E-state index < -0.39 is 0 Å². The maximum atomic E-state index is 11.7. The second-order valence-electron chi connectivity index (χ2n) is 4.50. The summed E-state index contributed by atoms with van der Waals surface area (Å²) in [6.07, 6.45) is 1.21. The summed E-state index contributed by atoms with van der Waals surface area (Å²) in [4.78, 5) is 23.1. The van der Waals surface area contributed by atoms with Crippen LogP contribution in [0.4, 0.5) is 0 Å². The highest BCUT2D eigenvalue weighted by atomic mass is 16.5. The lowest BCUT2D eigenvalue weighted by atomic mass is 10.2. The van der Waals surface area contributed by atoms with Crippen LogP contribution in [0.2, 0.25) is 0 Å². The van der Waals surface area contributed by atoms with E-state index in [1.54, 1.807) is 0 Å². The topological polar surface area (TPSA) is 79.5 Å². The molecule has 2 atom stereocenters. The van der Waals surface area contributed by atoms with Crippen LogP contribution in [0.15, 0.2) is 0 Å². The number of amides is 2. The van der Waals surface area contributed by atoms with Crippen LogP contribution >= 0.6 is 0 Å². The summed E-state index contributed by atoms with van der Waals surface area (Å²) in [6.45, 7) is 6.05. The number of carbonyl (C=O) groups is 2. The van der Waals surface area contributed by atoms with Crippen molar-refractivity contribution in [3.63, 3.8) is 0 Å². The molecule has 6 heteroatoms. The van der Waals surface area contributed by atoms with Crippen LogP contribution in [0.5, 0.6) is 0 Å². The van der Waals surface area contributed by atoms with Crippen LogP contribution < -0.4 is 16.0 Å². The number of morpholine rings is 1. The molecule has 0 aliphatic carbocycles. The summed E-state index contributed by atoms with van der Waals surface area (Å²) in [5.41, 5.74) is 0. The fourth-order valence-corrected chi connectivity index (χ4v) is 1.61. The summed E-state index contributed by atoms with van der Waals surface area (Å²) in [6, 6.07) is -0.113. The van der Waals surface area contributed by atoms with E-state index in [-0.39, 0.29) is 23.9 Å². The first-order valence-corrected chi connectivity index (χ1v) is 6.51. The third-order valence-electron chi connectivity index (χ3n) is 2.91. The van der Waals surface area contributed by atoms with Gasteiger partial charge in [0.15, 0.2) is 0 Å². The van der Waals surface area contributed by atoms with E-state index in [2.05, 4.69) is 16.0 Å². The van der Waals surface area contributed by atoms with Crippen LogP contribution in [-0.2, 0) is 14.3 Å². The molecule has 18 heavy (non-hydrogen) atoms. The fraction of sp³-hybridized carbons (Fsp3) is 0.833. The number of nitrogens with one attached hydrogen (secondary N) is 3. The van der Waals surface area contributed by atoms with Crippen LogP contribution in [-0.4, -0.2) is 50.2 Å². The maximum absolute atomic E-state index is 11.7. The zero-order valence-electron chi connectivity index (χ0n) is 11.1. The number of hydrogen-bond donors (Lipinski definition) is 3. The minimum Gasteiger partial charge on any atom is -0.378 e. The van der Waals surface area contributed by atoms with Crippen molar-refractivity contribution in [1.82, 2.24) is 16.0 Å². The van der Waals surface area contributed by atoms with Gasteiger partial charge in [-0.25, -0.2) is 0 Å². The van der Waals surface area contributed by atoms with Gasteiger partial charge in [0.2, 0.25) is 11.8 Å². The molecule has 1 fully saturated rings. The second-order valence-corrected chi connectivity index (χ2v) is 4.50. The molecule has 2 unspecified atom stereocenters. The molecule has 1 rings (SSSR count). The Labute approximate surface area is 108 Å². The standard InChI is InChI=1S/C12H23N3O3/c1-3-9(2)15-11(16)4-5-14-12(17)10-8-18-7-6-13-10/h9-10,13H,3-8H2,1-2H3,(H,14,17)(H,15,16). The fourth-order valence-electron chi connectivity index (χ4n) is 1.61.